The van der Waals surface area contributed by atoms with Crippen LogP contribution in [0.5, 0.6) is 5.75 Å². The summed E-state index contributed by atoms with van der Waals surface area (Å²) in [6, 6.07) is 6.94. The van der Waals surface area contributed by atoms with Crippen LogP contribution in [-0.4, -0.2) is 50.3 Å². The molecule has 32 heavy (non-hydrogen) atoms. The minimum Gasteiger partial charge on any atom is -0.487 e. The number of aliphatic hydroxyl groups excluding tert-OH is 1. The molecule has 0 amide bonds. The summed E-state index contributed by atoms with van der Waals surface area (Å²) in [5.74, 6) is 0.608. The second-order valence-electron chi connectivity index (χ2n) is 7.07. The van der Waals surface area contributed by atoms with Gasteiger partial charge in [0.2, 0.25) is 5.95 Å². The molecule has 2 N–H and O–H groups in total. The number of hydrogen-bond donors (Lipinski definition) is 2. The Balaban J connectivity index is 1.71. The molecule has 168 valence electrons. The molecule has 11 heteroatoms. The molecule has 0 unspecified atom stereocenters. The van der Waals surface area contributed by atoms with Crippen molar-refractivity contribution in [1.29, 1.82) is 5.26 Å². The van der Waals surface area contributed by atoms with Crippen LogP contribution in [0.1, 0.15) is 19.4 Å². The lowest BCUT2D eigenvalue weighted by Gasteiger charge is -2.16. The second kappa shape index (κ2) is 10.6. The highest BCUT2D eigenvalue weighted by Crippen LogP contribution is 2.28. The molecule has 0 radical (unpaired) electrons. The third-order valence-electron chi connectivity index (χ3n) is 4.21. The highest BCUT2D eigenvalue weighted by molar-refractivity contribution is 5.66. The molecule has 0 aliphatic rings. The number of anilines is 2. The second-order valence-corrected chi connectivity index (χ2v) is 7.07. The van der Waals surface area contributed by atoms with Gasteiger partial charge in [0.25, 0.3) is 0 Å². The van der Waals surface area contributed by atoms with Crippen molar-refractivity contribution < 1.29 is 23.4 Å². The smallest absolute Gasteiger partial charge is 0.345 e. The summed E-state index contributed by atoms with van der Waals surface area (Å²) < 4.78 is 35.9. The molecule has 0 spiro atoms. The monoisotopic (exact) mass is 444 g/mol. The van der Waals surface area contributed by atoms with Gasteiger partial charge in [0.1, 0.15) is 17.9 Å². The number of rotatable bonds is 10. The largest absolute Gasteiger partial charge is 0.487 e. The number of hydrogen-bond acceptors (Lipinski definition) is 8. The van der Waals surface area contributed by atoms with Gasteiger partial charge in [0.05, 0.1) is 36.7 Å². The van der Waals surface area contributed by atoms with E-state index in [4.69, 9.17) is 4.74 Å². The summed E-state index contributed by atoms with van der Waals surface area (Å²) in [5.41, 5.74) is 2.31. The molecule has 2 heterocycles. The Morgan fingerprint density at radius 1 is 1.19 bits per heavy atom. The number of aliphatic hydroxyl groups is 1. The number of nitrogens with zero attached hydrogens (tertiary/aromatic N) is 5. The van der Waals surface area contributed by atoms with Gasteiger partial charge >= 0.3 is 6.61 Å². The number of halogens is 2. The van der Waals surface area contributed by atoms with Crippen LogP contribution in [0.15, 0.2) is 43.0 Å². The Labute approximate surface area is 183 Å². The van der Waals surface area contributed by atoms with Crippen LogP contribution in [-0.2, 0) is 11.3 Å². The molecule has 1 aromatic carbocycles. The van der Waals surface area contributed by atoms with E-state index in [-0.39, 0.29) is 17.9 Å². The van der Waals surface area contributed by atoms with Crippen LogP contribution in [0.25, 0.3) is 11.1 Å². The summed E-state index contributed by atoms with van der Waals surface area (Å²) in [6.07, 6.45) is 5.34. The first-order chi connectivity index (χ1) is 15.3. The Morgan fingerprint density at radius 2 is 1.94 bits per heavy atom. The van der Waals surface area contributed by atoms with E-state index in [0.29, 0.717) is 29.3 Å². The van der Waals surface area contributed by atoms with Crippen molar-refractivity contribution in [3.05, 3.63) is 48.5 Å². The van der Waals surface area contributed by atoms with E-state index in [1.807, 2.05) is 6.07 Å². The fraction of sp³-hybridized carbons (Fsp3) is 0.333. The molecular weight excluding hydrogens is 422 g/mol. The summed E-state index contributed by atoms with van der Waals surface area (Å²) >= 11 is 0. The van der Waals surface area contributed by atoms with Gasteiger partial charge in [-0.25, -0.2) is 9.97 Å². The first-order valence-electron chi connectivity index (χ1n) is 9.74. The van der Waals surface area contributed by atoms with Gasteiger partial charge < -0.3 is 19.9 Å². The average Bonchev–Trinajstić information content (AvgIpc) is 3.18. The molecule has 0 bridgehead atoms. The van der Waals surface area contributed by atoms with Gasteiger partial charge in [-0.15, -0.1) is 0 Å². The molecule has 2 atom stereocenters. The highest BCUT2D eigenvalue weighted by atomic mass is 19.3. The van der Waals surface area contributed by atoms with Gasteiger partial charge in [-0.3, -0.25) is 4.68 Å². The lowest BCUT2D eigenvalue weighted by molar-refractivity contribution is -0.142. The molecule has 0 saturated carbocycles. The Kier molecular flexibility index (Phi) is 7.64. The molecule has 0 aliphatic heterocycles. The van der Waals surface area contributed by atoms with E-state index < -0.39 is 18.8 Å². The maximum atomic E-state index is 12.2. The molecule has 0 fully saturated rings. The summed E-state index contributed by atoms with van der Waals surface area (Å²) in [4.78, 5) is 8.57. The molecule has 3 aromatic rings. The van der Waals surface area contributed by atoms with E-state index in [1.54, 1.807) is 61.5 Å². The first-order valence-corrected chi connectivity index (χ1v) is 9.74. The van der Waals surface area contributed by atoms with Crippen molar-refractivity contribution in [2.75, 3.05) is 11.9 Å². The topological polar surface area (TPSA) is 118 Å². The molecule has 9 nitrogen and oxygen atoms in total. The van der Waals surface area contributed by atoms with E-state index in [1.165, 1.54) is 0 Å². The van der Waals surface area contributed by atoms with E-state index in [9.17, 15) is 19.1 Å². The van der Waals surface area contributed by atoms with Crippen molar-refractivity contribution >= 4 is 11.6 Å². The molecule has 0 aliphatic carbocycles. The van der Waals surface area contributed by atoms with Crippen molar-refractivity contribution in [2.24, 2.45) is 0 Å². The molecule has 2 aromatic heterocycles. The average molecular weight is 444 g/mol. The fourth-order valence-corrected chi connectivity index (χ4v) is 2.82. The zero-order chi connectivity index (χ0) is 23.1. The Morgan fingerprint density at radius 3 is 2.59 bits per heavy atom. The normalized spacial score (nSPS) is 12.9. The van der Waals surface area contributed by atoms with E-state index in [0.717, 1.165) is 0 Å². The third kappa shape index (κ3) is 6.44. The zero-order valence-electron chi connectivity index (χ0n) is 17.4. The SMILES string of the molecule is C[C@H](O)Cn1cc(Nc2ncc(-c3ccc(C#N)c(O[C@@H](C)COC(F)F)c3)cn2)cn1. The number of aromatic nitrogens is 4. The quantitative estimate of drug-likeness (QED) is 0.489. The number of alkyl halides is 2. The lowest BCUT2D eigenvalue weighted by Crippen LogP contribution is -2.21. The van der Waals surface area contributed by atoms with Crippen LogP contribution < -0.4 is 10.1 Å². The maximum Gasteiger partial charge on any atom is 0.345 e. The van der Waals surface area contributed by atoms with Crippen LogP contribution in [0, 0.1) is 11.3 Å². The fourth-order valence-electron chi connectivity index (χ4n) is 2.82. The number of benzene rings is 1. The van der Waals surface area contributed by atoms with Gasteiger partial charge in [-0.05, 0) is 31.5 Å². The molecular formula is C21H22F2N6O3. The van der Waals surface area contributed by atoms with E-state index >= 15 is 0 Å². The van der Waals surface area contributed by atoms with Crippen LogP contribution >= 0.6 is 0 Å². The first kappa shape index (κ1) is 23.1. The van der Waals surface area contributed by atoms with Crippen molar-refractivity contribution in [3.63, 3.8) is 0 Å². The number of nitrogens with one attached hydrogen (secondary N) is 1. The zero-order valence-corrected chi connectivity index (χ0v) is 17.4. The third-order valence-corrected chi connectivity index (χ3v) is 4.21. The summed E-state index contributed by atoms with van der Waals surface area (Å²) in [6.45, 7) is 0.415. The minimum atomic E-state index is -2.89. The standard InChI is InChI=1S/C21H22F2N6O3/c1-13(30)10-29-11-18(9-27-29)28-21-25-7-17(8-26-21)15-3-4-16(6-24)19(5-15)32-14(2)12-31-20(22)23/h3-5,7-9,11,13-14,20,30H,10,12H2,1-2H3,(H,25,26,28)/t13-,14-/m0/s1. The predicted octanol–water partition coefficient (Wildman–Crippen LogP) is 3.34. The molecule has 0 saturated heterocycles. The van der Waals surface area contributed by atoms with Gasteiger partial charge in [-0.1, -0.05) is 6.07 Å². The van der Waals surface area contributed by atoms with Crippen LogP contribution in [0.2, 0.25) is 0 Å². The van der Waals surface area contributed by atoms with Crippen LogP contribution in [0.4, 0.5) is 20.4 Å². The minimum absolute atomic E-state index is 0.253. The lowest BCUT2D eigenvalue weighted by atomic mass is 10.1. The Hall–Kier alpha value is -3.62. The number of ether oxygens (including phenoxy) is 2. The summed E-state index contributed by atoms with van der Waals surface area (Å²) in [5, 5.41) is 25.9. The van der Waals surface area contributed by atoms with Crippen LogP contribution in [0.3, 0.4) is 0 Å². The van der Waals surface area contributed by atoms with Gasteiger partial charge in [-0.2, -0.15) is 19.1 Å². The Bertz CT molecular complexity index is 1070. The molecule has 3 rings (SSSR count). The van der Waals surface area contributed by atoms with Crippen molar-refractivity contribution in [3.8, 4) is 22.9 Å². The maximum absolute atomic E-state index is 12.2. The highest BCUT2D eigenvalue weighted by Gasteiger charge is 2.13. The number of nitriles is 1. The van der Waals surface area contributed by atoms with Crippen molar-refractivity contribution in [2.45, 2.75) is 39.2 Å². The summed E-state index contributed by atoms with van der Waals surface area (Å²) in [7, 11) is 0. The van der Waals surface area contributed by atoms with Gasteiger partial charge in [0, 0.05) is 24.2 Å². The predicted molar refractivity (Wildman–Crippen MR) is 111 cm³/mol. The van der Waals surface area contributed by atoms with Gasteiger partial charge in [0.15, 0.2) is 0 Å². The van der Waals surface area contributed by atoms with Crippen molar-refractivity contribution in [1.82, 2.24) is 19.7 Å². The van der Waals surface area contributed by atoms with E-state index in [2.05, 4.69) is 25.1 Å².